The number of ether oxygens (including phenoxy) is 1. The van der Waals surface area contributed by atoms with Crippen LogP contribution in [0.2, 0.25) is 0 Å². The van der Waals surface area contributed by atoms with Crippen LogP contribution < -0.4 is 10.6 Å². The van der Waals surface area contributed by atoms with E-state index in [4.69, 9.17) is 4.74 Å². The van der Waals surface area contributed by atoms with E-state index in [-0.39, 0.29) is 24.5 Å². The first-order valence-electron chi connectivity index (χ1n) is 11.2. The van der Waals surface area contributed by atoms with Crippen molar-refractivity contribution in [3.05, 3.63) is 82.3 Å². The minimum Gasteiger partial charge on any atom is -0.375 e. The van der Waals surface area contributed by atoms with Crippen LogP contribution in [-0.4, -0.2) is 41.1 Å². The molecule has 8 heteroatoms. The summed E-state index contributed by atoms with van der Waals surface area (Å²) in [6, 6.07) is 15.7. The summed E-state index contributed by atoms with van der Waals surface area (Å²) in [5, 5.41) is 10.0. The van der Waals surface area contributed by atoms with Gasteiger partial charge in [0, 0.05) is 25.4 Å². The maximum atomic E-state index is 13.4. The summed E-state index contributed by atoms with van der Waals surface area (Å²) < 4.78 is 6.91. The van der Waals surface area contributed by atoms with Crippen LogP contribution in [0, 0.1) is 0 Å². The second-order valence-corrected chi connectivity index (χ2v) is 9.04. The van der Waals surface area contributed by atoms with E-state index in [0.717, 1.165) is 18.4 Å². The van der Waals surface area contributed by atoms with E-state index >= 15 is 0 Å². The third-order valence-electron chi connectivity index (χ3n) is 5.50. The van der Waals surface area contributed by atoms with E-state index in [2.05, 4.69) is 39.2 Å². The Labute approximate surface area is 202 Å². The molecule has 0 spiro atoms. The number of fused-ring (bicyclic) bond motifs is 1. The molecule has 7 nitrogen and oxygen atoms in total. The molecule has 0 aliphatic heterocycles. The van der Waals surface area contributed by atoms with Crippen molar-refractivity contribution in [2.45, 2.75) is 32.4 Å². The molecule has 0 saturated heterocycles. The highest BCUT2D eigenvalue weighted by Gasteiger charge is 2.19. The molecule has 0 radical (unpaired) electrons. The number of hydrogen-bond acceptors (Lipinski definition) is 5. The lowest BCUT2D eigenvalue weighted by atomic mass is 10.1. The fourth-order valence-corrected chi connectivity index (χ4v) is 4.64. The van der Waals surface area contributed by atoms with E-state index < -0.39 is 0 Å². The van der Waals surface area contributed by atoms with Gasteiger partial charge in [-0.15, -0.1) is 0 Å². The van der Waals surface area contributed by atoms with Crippen LogP contribution >= 0.6 is 11.3 Å². The number of nitrogens with one attached hydrogen (secondary N) is 2. The number of rotatable bonds is 10. The Bertz CT molecular complexity index is 1250. The lowest BCUT2D eigenvalue weighted by Gasteiger charge is -2.16. The van der Waals surface area contributed by atoms with Gasteiger partial charge in [-0.2, -0.15) is 11.3 Å². The molecule has 2 N–H and O–H groups in total. The first-order valence-corrected chi connectivity index (χ1v) is 12.1. The number of imidazole rings is 1. The van der Waals surface area contributed by atoms with Crippen LogP contribution in [0.15, 0.2) is 65.6 Å². The fraction of sp³-hybridized carbons (Fsp3) is 0.269. The number of benzene rings is 2. The van der Waals surface area contributed by atoms with Gasteiger partial charge in [-0.3, -0.25) is 9.59 Å². The molecule has 4 aromatic rings. The van der Waals surface area contributed by atoms with Crippen molar-refractivity contribution >= 4 is 39.9 Å². The summed E-state index contributed by atoms with van der Waals surface area (Å²) in [6.07, 6.45) is 3.31. The van der Waals surface area contributed by atoms with E-state index in [1.807, 2.05) is 35.1 Å². The summed E-state index contributed by atoms with van der Waals surface area (Å²) in [5.74, 6) is -0.487. The first-order chi connectivity index (χ1) is 16.5. The lowest BCUT2D eigenvalue weighted by Crippen LogP contribution is -2.34. The summed E-state index contributed by atoms with van der Waals surface area (Å²) in [5.41, 5.74) is 4.80. The Hall–Kier alpha value is -3.49. The molecule has 176 valence electrons. The van der Waals surface area contributed by atoms with Crippen LogP contribution in [0.25, 0.3) is 11.0 Å². The predicted molar refractivity (Wildman–Crippen MR) is 135 cm³/mol. The SMILES string of the molecule is COCC(=O)Nc1cc(C(=O)NC(C)Cc2ccsc2)c2c(c1)ncn2CCc1ccccc1. The van der Waals surface area contributed by atoms with Crippen molar-refractivity contribution in [3.8, 4) is 0 Å². The summed E-state index contributed by atoms with van der Waals surface area (Å²) in [6.45, 7) is 2.60. The van der Waals surface area contributed by atoms with Crippen LogP contribution in [0.3, 0.4) is 0 Å². The van der Waals surface area contributed by atoms with Crippen LogP contribution in [0.4, 0.5) is 5.69 Å². The van der Waals surface area contributed by atoms with E-state index in [0.29, 0.717) is 23.3 Å². The normalized spacial score (nSPS) is 11.9. The zero-order valence-corrected chi connectivity index (χ0v) is 20.1. The number of carbonyl (C=O) groups excluding carboxylic acids is 2. The molecule has 2 amide bonds. The lowest BCUT2D eigenvalue weighted by molar-refractivity contribution is -0.119. The number of aryl methyl sites for hydroxylation is 2. The third kappa shape index (κ3) is 5.89. The minimum atomic E-state index is -0.289. The number of aromatic nitrogens is 2. The van der Waals surface area contributed by atoms with Gasteiger partial charge in [-0.05, 0) is 59.9 Å². The van der Waals surface area contributed by atoms with Crippen molar-refractivity contribution in [2.24, 2.45) is 0 Å². The molecule has 2 heterocycles. The number of amides is 2. The molecule has 0 aliphatic rings. The molecule has 4 rings (SSSR count). The van der Waals surface area contributed by atoms with Crippen molar-refractivity contribution < 1.29 is 14.3 Å². The highest BCUT2D eigenvalue weighted by atomic mass is 32.1. The number of anilines is 1. The molecular weight excluding hydrogens is 448 g/mol. The van der Waals surface area contributed by atoms with Gasteiger partial charge in [0.05, 0.1) is 22.9 Å². The summed E-state index contributed by atoms with van der Waals surface area (Å²) in [7, 11) is 1.46. The quantitative estimate of drug-likeness (QED) is 0.358. The molecule has 0 fully saturated rings. The van der Waals surface area contributed by atoms with Crippen LogP contribution in [0.1, 0.15) is 28.4 Å². The molecule has 1 atom stereocenters. The second kappa shape index (κ2) is 11.1. The molecule has 0 bridgehead atoms. The maximum Gasteiger partial charge on any atom is 0.253 e. The number of methoxy groups -OCH3 is 1. The van der Waals surface area contributed by atoms with Crippen LogP contribution in [0.5, 0.6) is 0 Å². The van der Waals surface area contributed by atoms with Gasteiger partial charge in [0.2, 0.25) is 5.91 Å². The van der Waals surface area contributed by atoms with Gasteiger partial charge in [-0.25, -0.2) is 4.98 Å². The van der Waals surface area contributed by atoms with Gasteiger partial charge < -0.3 is 19.9 Å². The smallest absolute Gasteiger partial charge is 0.253 e. The Balaban J connectivity index is 1.62. The van der Waals surface area contributed by atoms with Gasteiger partial charge in [0.25, 0.3) is 5.91 Å². The maximum absolute atomic E-state index is 13.4. The third-order valence-corrected chi connectivity index (χ3v) is 6.23. The van der Waals surface area contributed by atoms with Crippen molar-refractivity contribution in [1.82, 2.24) is 14.9 Å². The first kappa shape index (κ1) is 23.7. The largest absolute Gasteiger partial charge is 0.375 e. The average molecular weight is 477 g/mol. The predicted octanol–water partition coefficient (Wildman–Crippen LogP) is 4.29. The van der Waals surface area contributed by atoms with Crippen LogP contribution in [-0.2, 0) is 28.9 Å². The monoisotopic (exact) mass is 476 g/mol. The second-order valence-electron chi connectivity index (χ2n) is 8.26. The Kier molecular flexibility index (Phi) is 7.72. The Morgan fingerprint density at radius 1 is 1.15 bits per heavy atom. The highest BCUT2D eigenvalue weighted by molar-refractivity contribution is 7.07. The van der Waals surface area contributed by atoms with Gasteiger partial charge in [-0.1, -0.05) is 30.3 Å². The molecule has 1 unspecified atom stereocenters. The van der Waals surface area contributed by atoms with Crippen molar-refractivity contribution in [2.75, 3.05) is 19.0 Å². The van der Waals surface area contributed by atoms with E-state index in [9.17, 15) is 9.59 Å². The van der Waals surface area contributed by atoms with E-state index in [1.165, 1.54) is 18.2 Å². The van der Waals surface area contributed by atoms with Gasteiger partial charge >= 0.3 is 0 Å². The standard InChI is InChI=1S/C26H28N4O3S/c1-18(12-20-9-11-34-16-20)28-26(32)22-13-21(29-24(31)15-33-2)14-23-25(22)30(17-27-23)10-8-19-6-4-3-5-7-19/h3-7,9,11,13-14,16-18H,8,10,12,15H2,1-2H3,(H,28,32)(H,29,31). The number of hydrogen-bond donors (Lipinski definition) is 2. The van der Waals surface area contributed by atoms with Crippen molar-refractivity contribution in [3.63, 3.8) is 0 Å². The van der Waals surface area contributed by atoms with Gasteiger partial charge in [0.1, 0.15) is 6.61 Å². The zero-order valence-electron chi connectivity index (χ0n) is 19.3. The summed E-state index contributed by atoms with van der Waals surface area (Å²) >= 11 is 1.64. The van der Waals surface area contributed by atoms with Gasteiger partial charge in [0.15, 0.2) is 0 Å². The number of thiophene rings is 1. The van der Waals surface area contributed by atoms with E-state index in [1.54, 1.807) is 29.8 Å². The molecule has 0 aliphatic carbocycles. The summed E-state index contributed by atoms with van der Waals surface area (Å²) in [4.78, 5) is 30.0. The number of nitrogens with zero attached hydrogens (tertiary/aromatic N) is 2. The fourth-order valence-electron chi connectivity index (χ4n) is 3.96. The Morgan fingerprint density at radius 2 is 1.97 bits per heavy atom. The van der Waals surface area contributed by atoms with Crippen molar-refractivity contribution in [1.29, 1.82) is 0 Å². The minimum absolute atomic E-state index is 0.0513. The zero-order chi connectivity index (χ0) is 23.9. The average Bonchev–Trinajstić information content (AvgIpc) is 3.47. The Morgan fingerprint density at radius 3 is 2.71 bits per heavy atom. The molecule has 0 saturated carbocycles. The number of carbonyl (C=O) groups is 2. The molecular formula is C26H28N4O3S. The highest BCUT2D eigenvalue weighted by Crippen LogP contribution is 2.25. The topological polar surface area (TPSA) is 85.2 Å². The molecule has 2 aromatic heterocycles. The molecule has 2 aromatic carbocycles. The molecule has 34 heavy (non-hydrogen) atoms.